The van der Waals surface area contributed by atoms with Crippen LogP contribution in [-0.4, -0.2) is 24.6 Å². The van der Waals surface area contributed by atoms with Gasteiger partial charge in [0, 0.05) is 7.05 Å². The van der Waals surface area contributed by atoms with Gasteiger partial charge in [0.05, 0.1) is 18.4 Å². The smallest absolute Gasteiger partial charge is 0.0961 e. The predicted octanol–water partition coefficient (Wildman–Crippen LogP) is 2.50. The van der Waals surface area contributed by atoms with Crippen LogP contribution in [-0.2, 0) is 0 Å². The second kappa shape index (κ2) is 4.56. The zero-order chi connectivity index (χ0) is 10.6. The van der Waals surface area contributed by atoms with Crippen molar-refractivity contribution in [1.82, 2.24) is 4.90 Å². The molecule has 0 saturated carbocycles. The molecule has 0 aromatic heterocycles. The highest BCUT2D eigenvalue weighted by Gasteiger charge is 1.94. The van der Waals surface area contributed by atoms with E-state index in [0.29, 0.717) is 0 Å². The highest BCUT2D eigenvalue weighted by Crippen LogP contribution is 2.18. The van der Waals surface area contributed by atoms with Crippen LogP contribution in [0.15, 0.2) is 23.2 Å². The van der Waals surface area contributed by atoms with Gasteiger partial charge in [0.25, 0.3) is 0 Å². The van der Waals surface area contributed by atoms with Crippen molar-refractivity contribution in [2.24, 2.45) is 4.99 Å². The van der Waals surface area contributed by atoms with E-state index in [1.807, 2.05) is 19.1 Å². The maximum absolute atomic E-state index is 6.97. The van der Waals surface area contributed by atoms with Gasteiger partial charge >= 0.3 is 0 Å². The van der Waals surface area contributed by atoms with Crippen molar-refractivity contribution in [3.8, 4) is 0 Å². The molecule has 1 rings (SSSR count). The minimum absolute atomic E-state index is 0.948. The summed E-state index contributed by atoms with van der Waals surface area (Å²) in [4.78, 5) is 5.86. The molecule has 0 aliphatic rings. The molecule has 0 spiro atoms. The largest absolute Gasteiger partial charge is 0.327 e. The number of aliphatic imine (C=N–C) groups is 1. The highest BCUT2D eigenvalue weighted by molar-refractivity contribution is 5.75. The Kier molecular flexibility index (Phi) is 3.40. The van der Waals surface area contributed by atoms with Crippen LogP contribution in [0.2, 0.25) is 0 Å². The normalized spacial score (nSPS) is 10.5. The molecule has 0 aliphatic heterocycles. The molecule has 74 valence electrons. The second-order valence-electron chi connectivity index (χ2n) is 3.33. The van der Waals surface area contributed by atoms with Crippen LogP contribution in [0.5, 0.6) is 0 Å². The van der Waals surface area contributed by atoms with Crippen molar-refractivity contribution in [1.29, 1.82) is 5.41 Å². The maximum atomic E-state index is 6.97. The number of hydrogen-bond acceptors (Lipinski definition) is 2. The lowest BCUT2D eigenvalue weighted by Gasteiger charge is -2.04. The molecule has 0 aliphatic carbocycles. The lowest BCUT2D eigenvalue weighted by atomic mass is 10.1. The summed E-state index contributed by atoms with van der Waals surface area (Å²) in [5.41, 5.74) is 3.34. The molecule has 1 aromatic carbocycles. The van der Waals surface area contributed by atoms with Crippen LogP contribution < -0.4 is 0 Å². The van der Waals surface area contributed by atoms with Crippen molar-refractivity contribution in [3.63, 3.8) is 0 Å². The average Bonchev–Trinajstić information content (AvgIpc) is 2.16. The summed E-state index contributed by atoms with van der Waals surface area (Å²) < 4.78 is 0. The maximum Gasteiger partial charge on any atom is 0.0961 e. The van der Waals surface area contributed by atoms with E-state index in [2.05, 4.69) is 18.0 Å². The third-order valence-corrected chi connectivity index (χ3v) is 1.93. The Labute approximate surface area is 84.6 Å². The van der Waals surface area contributed by atoms with Gasteiger partial charge in [0.1, 0.15) is 0 Å². The van der Waals surface area contributed by atoms with E-state index in [9.17, 15) is 0 Å². The summed E-state index contributed by atoms with van der Waals surface area (Å²) in [6, 6.07) is 6.11. The number of benzene rings is 1. The van der Waals surface area contributed by atoms with Gasteiger partial charge in [-0.15, -0.1) is 0 Å². The third kappa shape index (κ3) is 2.69. The van der Waals surface area contributed by atoms with Crippen LogP contribution in [0.3, 0.4) is 0 Å². The third-order valence-electron chi connectivity index (χ3n) is 1.93. The summed E-state index contributed by atoms with van der Waals surface area (Å²) in [5.74, 6) is 0. The van der Waals surface area contributed by atoms with Crippen LogP contribution in [0, 0.1) is 19.3 Å². The summed E-state index contributed by atoms with van der Waals surface area (Å²) in [6.45, 7) is 4.09. The van der Waals surface area contributed by atoms with Crippen LogP contribution in [0.25, 0.3) is 0 Å². The molecule has 0 radical (unpaired) electrons. The van der Waals surface area contributed by atoms with E-state index in [0.717, 1.165) is 11.3 Å². The first kappa shape index (κ1) is 10.4. The van der Waals surface area contributed by atoms with Gasteiger partial charge in [-0.3, -0.25) is 5.41 Å². The van der Waals surface area contributed by atoms with Gasteiger partial charge in [-0.2, -0.15) is 0 Å². The Morgan fingerprint density at radius 2 is 2.07 bits per heavy atom. The Morgan fingerprint density at radius 1 is 1.36 bits per heavy atom. The first-order valence-corrected chi connectivity index (χ1v) is 4.47. The van der Waals surface area contributed by atoms with Crippen LogP contribution in [0.1, 0.15) is 11.1 Å². The summed E-state index contributed by atoms with van der Waals surface area (Å²) >= 11 is 0. The molecule has 1 aromatic rings. The molecule has 3 heteroatoms. The first-order valence-electron chi connectivity index (χ1n) is 4.47. The summed E-state index contributed by atoms with van der Waals surface area (Å²) in [7, 11) is 1.78. The van der Waals surface area contributed by atoms with Gasteiger partial charge in [-0.05, 0) is 25.5 Å². The monoisotopic (exact) mass is 189 g/mol. The molecule has 3 nitrogen and oxygen atoms in total. The molecule has 0 amide bonds. The second-order valence-corrected chi connectivity index (χ2v) is 3.33. The van der Waals surface area contributed by atoms with Gasteiger partial charge in [-0.1, -0.05) is 17.7 Å². The zero-order valence-electron chi connectivity index (χ0n) is 8.78. The number of nitrogens with zero attached hydrogens (tertiary/aromatic N) is 2. The van der Waals surface area contributed by atoms with Gasteiger partial charge in [0.15, 0.2) is 0 Å². The molecule has 14 heavy (non-hydrogen) atoms. The molecule has 0 saturated heterocycles. The Bertz CT molecular complexity index is 356. The fraction of sp³-hybridized carbons (Fsp3) is 0.273. The predicted molar refractivity (Wildman–Crippen MR) is 60.6 cm³/mol. The van der Waals surface area contributed by atoms with Crippen LogP contribution >= 0.6 is 0 Å². The van der Waals surface area contributed by atoms with Gasteiger partial charge < -0.3 is 4.90 Å². The fourth-order valence-corrected chi connectivity index (χ4v) is 1.14. The lowest BCUT2D eigenvalue weighted by Crippen LogP contribution is -2.11. The SMILES string of the molecule is Cc1ccc(N=CN(C)C=N)c(C)c1. The van der Waals surface area contributed by atoms with E-state index in [1.165, 1.54) is 11.9 Å². The minimum atomic E-state index is 0.948. The molecule has 0 atom stereocenters. The number of hydrogen-bond donors (Lipinski definition) is 1. The van der Waals surface area contributed by atoms with Crippen molar-refractivity contribution >= 4 is 18.4 Å². The topological polar surface area (TPSA) is 39.5 Å². The van der Waals surface area contributed by atoms with Gasteiger partial charge in [-0.25, -0.2) is 4.99 Å². The summed E-state index contributed by atoms with van der Waals surface area (Å²) in [6.07, 6.45) is 2.84. The van der Waals surface area contributed by atoms with Gasteiger partial charge in [0.2, 0.25) is 0 Å². The Morgan fingerprint density at radius 3 is 2.64 bits per heavy atom. The Balaban J connectivity index is 2.86. The molecule has 0 bridgehead atoms. The molecular formula is C11H15N3. The fourth-order valence-electron chi connectivity index (χ4n) is 1.14. The van der Waals surface area contributed by atoms with Crippen LogP contribution in [0.4, 0.5) is 5.69 Å². The average molecular weight is 189 g/mol. The van der Waals surface area contributed by atoms with E-state index in [1.54, 1.807) is 18.3 Å². The molecule has 0 fully saturated rings. The molecular weight excluding hydrogens is 174 g/mol. The number of aryl methyl sites for hydroxylation is 2. The number of nitrogens with one attached hydrogen (secondary N) is 1. The lowest BCUT2D eigenvalue weighted by molar-refractivity contribution is 0.796. The zero-order valence-corrected chi connectivity index (χ0v) is 8.78. The van der Waals surface area contributed by atoms with E-state index in [4.69, 9.17) is 5.41 Å². The quantitative estimate of drug-likeness (QED) is 0.576. The summed E-state index contributed by atoms with van der Waals surface area (Å²) in [5, 5.41) is 6.97. The molecule has 1 N–H and O–H groups in total. The molecule has 0 heterocycles. The van der Waals surface area contributed by atoms with E-state index < -0.39 is 0 Å². The van der Waals surface area contributed by atoms with E-state index >= 15 is 0 Å². The molecule has 0 unspecified atom stereocenters. The number of rotatable bonds is 3. The Hall–Kier alpha value is -1.64. The van der Waals surface area contributed by atoms with Crippen molar-refractivity contribution < 1.29 is 0 Å². The minimum Gasteiger partial charge on any atom is -0.327 e. The van der Waals surface area contributed by atoms with Crippen molar-refractivity contribution in [2.45, 2.75) is 13.8 Å². The highest BCUT2D eigenvalue weighted by atomic mass is 15.1. The first-order chi connectivity index (χ1) is 6.63. The van der Waals surface area contributed by atoms with Crippen molar-refractivity contribution in [3.05, 3.63) is 29.3 Å². The van der Waals surface area contributed by atoms with E-state index in [-0.39, 0.29) is 0 Å². The standard InChI is InChI=1S/C11H15N3/c1-9-4-5-11(10(2)6-9)13-8-14(3)7-12/h4-8,12H,1-3H3. The van der Waals surface area contributed by atoms with Crippen molar-refractivity contribution in [2.75, 3.05) is 7.05 Å².